The van der Waals surface area contributed by atoms with Crippen molar-refractivity contribution in [2.75, 3.05) is 7.11 Å². The lowest BCUT2D eigenvalue weighted by Gasteiger charge is -2.04. The zero-order chi connectivity index (χ0) is 18.8. The number of hydrogen-bond acceptors (Lipinski definition) is 6. The zero-order valence-electron chi connectivity index (χ0n) is 14.8. The fraction of sp³-hybridized carbons (Fsp3) is 0.167. The van der Waals surface area contributed by atoms with Gasteiger partial charge in [-0.25, -0.2) is 9.67 Å². The highest BCUT2D eigenvalue weighted by Crippen LogP contribution is 2.16. The SMILES string of the molecule is COc1cccc(-n2cc(CNC(=O)c3nnc4nc(C)ccn34)cn2)c1. The van der Waals surface area contributed by atoms with E-state index < -0.39 is 0 Å². The normalized spacial score (nSPS) is 10.9. The maximum absolute atomic E-state index is 12.4. The summed E-state index contributed by atoms with van der Waals surface area (Å²) in [5.74, 6) is 1.01. The van der Waals surface area contributed by atoms with Gasteiger partial charge in [0.15, 0.2) is 0 Å². The zero-order valence-corrected chi connectivity index (χ0v) is 14.8. The number of nitrogens with one attached hydrogen (secondary N) is 1. The number of carbonyl (C=O) groups is 1. The van der Waals surface area contributed by atoms with E-state index in [1.807, 2.05) is 37.4 Å². The summed E-state index contributed by atoms with van der Waals surface area (Å²) in [7, 11) is 1.62. The van der Waals surface area contributed by atoms with Gasteiger partial charge in [0.05, 0.1) is 19.0 Å². The molecule has 0 bridgehead atoms. The second kappa shape index (κ2) is 6.87. The summed E-state index contributed by atoms with van der Waals surface area (Å²) >= 11 is 0. The molecule has 4 rings (SSSR count). The number of hydrogen-bond donors (Lipinski definition) is 1. The Morgan fingerprint density at radius 1 is 1.26 bits per heavy atom. The second-order valence-corrected chi connectivity index (χ2v) is 5.94. The van der Waals surface area contributed by atoms with Crippen LogP contribution in [0.1, 0.15) is 21.9 Å². The molecular weight excluding hydrogens is 346 g/mol. The molecule has 27 heavy (non-hydrogen) atoms. The Labute approximate surface area is 154 Å². The molecule has 1 N–H and O–H groups in total. The minimum Gasteiger partial charge on any atom is -0.497 e. The van der Waals surface area contributed by atoms with Crippen LogP contribution in [0.3, 0.4) is 0 Å². The Morgan fingerprint density at radius 3 is 3.00 bits per heavy atom. The lowest BCUT2D eigenvalue weighted by molar-refractivity contribution is 0.0939. The number of aromatic nitrogens is 6. The first-order valence-electron chi connectivity index (χ1n) is 8.28. The summed E-state index contributed by atoms with van der Waals surface area (Å²) in [5, 5.41) is 15.0. The molecule has 0 fully saturated rings. The summed E-state index contributed by atoms with van der Waals surface area (Å²) < 4.78 is 8.51. The van der Waals surface area contributed by atoms with E-state index in [0.717, 1.165) is 22.7 Å². The van der Waals surface area contributed by atoms with Crippen molar-refractivity contribution in [1.29, 1.82) is 0 Å². The molecular formula is C18H17N7O2. The third kappa shape index (κ3) is 3.34. The Hall–Kier alpha value is -3.75. The maximum Gasteiger partial charge on any atom is 0.289 e. The van der Waals surface area contributed by atoms with E-state index in [1.165, 1.54) is 0 Å². The van der Waals surface area contributed by atoms with Gasteiger partial charge in [0.25, 0.3) is 11.7 Å². The number of methoxy groups -OCH3 is 1. The van der Waals surface area contributed by atoms with Crippen molar-refractivity contribution >= 4 is 11.7 Å². The molecule has 0 aliphatic heterocycles. The van der Waals surface area contributed by atoms with Crippen LogP contribution in [0.25, 0.3) is 11.5 Å². The van der Waals surface area contributed by atoms with Crippen molar-refractivity contribution in [3.05, 3.63) is 66.0 Å². The Bertz CT molecular complexity index is 1120. The minimum atomic E-state index is -0.331. The third-order valence-corrected chi connectivity index (χ3v) is 4.03. The molecule has 1 aromatic carbocycles. The smallest absolute Gasteiger partial charge is 0.289 e. The van der Waals surface area contributed by atoms with Crippen molar-refractivity contribution in [2.45, 2.75) is 13.5 Å². The highest BCUT2D eigenvalue weighted by molar-refractivity contribution is 5.91. The molecule has 0 saturated carbocycles. The molecule has 0 unspecified atom stereocenters. The molecule has 0 radical (unpaired) electrons. The topological polar surface area (TPSA) is 99.2 Å². The minimum absolute atomic E-state index is 0.192. The van der Waals surface area contributed by atoms with Gasteiger partial charge < -0.3 is 10.1 Å². The average molecular weight is 363 g/mol. The number of aryl methyl sites for hydroxylation is 1. The molecule has 0 aliphatic rings. The number of nitrogens with zero attached hydrogens (tertiary/aromatic N) is 6. The predicted molar refractivity (Wildman–Crippen MR) is 96.8 cm³/mol. The number of rotatable bonds is 5. The van der Waals surface area contributed by atoms with Gasteiger partial charge in [0.1, 0.15) is 5.75 Å². The second-order valence-electron chi connectivity index (χ2n) is 5.94. The molecule has 0 atom stereocenters. The van der Waals surface area contributed by atoms with Gasteiger partial charge in [0.2, 0.25) is 5.82 Å². The van der Waals surface area contributed by atoms with Crippen LogP contribution in [0.5, 0.6) is 5.75 Å². The van der Waals surface area contributed by atoms with Gasteiger partial charge >= 0.3 is 0 Å². The Morgan fingerprint density at radius 2 is 2.15 bits per heavy atom. The summed E-state index contributed by atoms with van der Waals surface area (Å²) in [5.41, 5.74) is 2.54. The van der Waals surface area contributed by atoms with Gasteiger partial charge in [-0.15, -0.1) is 10.2 Å². The number of amides is 1. The largest absolute Gasteiger partial charge is 0.497 e. The summed E-state index contributed by atoms with van der Waals surface area (Å²) in [4.78, 5) is 16.7. The van der Waals surface area contributed by atoms with Crippen molar-refractivity contribution in [3.63, 3.8) is 0 Å². The van der Waals surface area contributed by atoms with E-state index in [-0.39, 0.29) is 11.7 Å². The highest BCUT2D eigenvalue weighted by atomic mass is 16.5. The molecule has 1 amide bonds. The molecule has 0 aliphatic carbocycles. The van der Waals surface area contributed by atoms with Crippen molar-refractivity contribution in [3.8, 4) is 11.4 Å². The molecule has 3 aromatic heterocycles. The Balaban J connectivity index is 1.47. The van der Waals surface area contributed by atoms with Crippen LogP contribution in [0.2, 0.25) is 0 Å². The van der Waals surface area contributed by atoms with Crippen molar-refractivity contribution in [2.24, 2.45) is 0 Å². The van der Waals surface area contributed by atoms with E-state index in [0.29, 0.717) is 12.3 Å². The fourth-order valence-corrected chi connectivity index (χ4v) is 2.64. The predicted octanol–water partition coefficient (Wildman–Crippen LogP) is 1.56. The molecule has 4 aromatic rings. The molecule has 3 heterocycles. The highest BCUT2D eigenvalue weighted by Gasteiger charge is 2.15. The standard InChI is InChI=1S/C18H17N7O2/c1-12-6-7-24-16(22-23-18(24)21-12)17(26)19-9-13-10-20-25(11-13)14-4-3-5-15(8-14)27-2/h3-8,10-11H,9H2,1-2H3,(H,19,26). The first-order chi connectivity index (χ1) is 13.1. The van der Waals surface area contributed by atoms with Crippen molar-refractivity contribution < 1.29 is 9.53 Å². The first-order valence-corrected chi connectivity index (χ1v) is 8.28. The lowest BCUT2D eigenvalue weighted by Crippen LogP contribution is -2.25. The van der Waals surface area contributed by atoms with Crippen LogP contribution in [-0.4, -0.2) is 42.4 Å². The van der Waals surface area contributed by atoms with Gasteiger partial charge in [-0.1, -0.05) is 6.07 Å². The fourth-order valence-electron chi connectivity index (χ4n) is 2.64. The van der Waals surface area contributed by atoms with E-state index in [1.54, 1.807) is 34.7 Å². The van der Waals surface area contributed by atoms with Crippen LogP contribution in [-0.2, 0) is 6.54 Å². The molecule has 0 saturated heterocycles. The number of carbonyl (C=O) groups excluding carboxylic acids is 1. The van der Waals surface area contributed by atoms with Gasteiger partial charge in [-0.3, -0.25) is 9.20 Å². The van der Waals surface area contributed by atoms with Crippen LogP contribution in [0.15, 0.2) is 48.9 Å². The van der Waals surface area contributed by atoms with E-state index in [4.69, 9.17) is 4.74 Å². The monoisotopic (exact) mass is 363 g/mol. The van der Waals surface area contributed by atoms with Gasteiger partial charge in [-0.2, -0.15) is 5.10 Å². The molecule has 0 spiro atoms. The van der Waals surface area contributed by atoms with Crippen LogP contribution in [0, 0.1) is 6.92 Å². The molecule has 9 heteroatoms. The number of fused-ring (bicyclic) bond motifs is 1. The van der Waals surface area contributed by atoms with E-state index in [9.17, 15) is 4.79 Å². The molecule has 9 nitrogen and oxygen atoms in total. The Kier molecular flexibility index (Phi) is 4.25. The summed E-state index contributed by atoms with van der Waals surface area (Å²) in [6.07, 6.45) is 5.28. The average Bonchev–Trinajstić information content (AvgIpc) is 3.33. The lowest BCUT2D eigenvalue weighted by atomic mass is 10.3. The van der Waals surface area contributed by atoms with E-state index >= 15 is 0 Å². The summed E-state index contributed by atoms with van der Waals surface area (Å²) in [6.45, 7) is 2.17. The maximum atomic E-state index is 12.4. The van der Waals surface area contributed by atoms with Crippen LogP contribution < -0.4 is 10.1 Å². The third-order valence-electron chi connectivity index (χ3n) is 4.03. The molecule has 136 valence electrons. The quantitative estimate of drug-likeness (QED) is 0.578. The first kappa shape index (κ1) is 16.7. The van der Waals surface area contributed by atoms with Crippen molar-refractivity contribution in [1.82, 2.24) is 34.7 Å². The van der Waals surface area contributed by atoms with E-state index in [2.05, 4.69) is 25.6 Å². The van der Waals surface area contributed by atoms with Gasteiger partial charge in [-0.05, 0) is 25.1 Å². The number of ether oxygens (including phenoxy) is 1. The summed E-state index contributed by atoms with van der Waals surface area (Å²) in [6, 6.07) is 9.37. The van der Waals surface area contributed by atoms with Crippen LogP contribution >= 0.6 is 0 Å². The van der Waals surface area contributed by atoms with Gasteiger partial charge in [0, 0.05) is 36.3 Å². The number of benzene rings is 1. The van der Waals surface area contributed by atoms with Crippen LogP contribution in [0.4, 0.5) is 0 Å².